The molecule has 0 saturated heterocycles. The molecular formula is C18H42N2O6. The van der Waals surface area contributed by atoms with Crippen LogP contribution in [-0.2, 0) is 23.7 Å². The molecule has 0 saturated carbocycles. The molecule has 0 rings (SSSR count). The second-order valence-electron chi connectivity index (χ2n) is 5.70. The van der Waals surface area contributed by atoms with Crippen LogP contribution in [0.3, 0.4) is 0 Å². The summed E-state index contributed by atoms with van der Waals surface area (Å²) in [5, 5.41) is 14.2. The summed E-state index contributed by atoms with van der Waals surface area (Å²) in [6.45, 7) is 9.76. The fourth-order valence-corrected chi connectivity index (χ4v) is 1.46. The minimum atomic E-state index is -0.682. The fraction of sp³-hybridized carbons (Fsp3) is 0.944. The zero-order valence-electron chi connectivity index (χ0n) is 18.1. The van der Waals surface area contributed by atoms with Crippen molar-refractivity contribution in [2.75, 3.05) is 28.4 Å². The number of hydrogen-bond donors (Lipinski definition) is 3. The molecule has 4 atom stereocenters. The molecule has 0 amide bonds. The highest BCUT2D eigenvalue weighted by Crippen LogP contribution is 1.97. The number of methoxy groups -OCH3 is 4. The average molecular weight is 383 g/mol. The van der Waals surface area contributed by atoms with Crippen molar-refractivity contribution in [2.45, 2.75) is 85.2 Å². The van der Waals surface area contributed by atoms with Crippen molar-refractivity contribution in [1.82, 2.24) is 10.6 Å². The van der Waals surface area contributed by atoms with E-state index >= 15 is 0 Å². The Morgan fingerprint density at radius 2 is 1.08 bits per heavy atom. The summed E-state index contributed by atoms with van der Waals surface area (Å²) in [7, 11) is 6.61. The number of ether oxygens (including phenoxy) is 4. The first kappa shape index (κ1) is 30.0. The third-order valence-electron chi connectivity index (χ3n) is 3.35. The van der Waals surface area contributed by atoms with Crippen LogP contribution < -0.4 is 10.6 Å². The van der Waals surface area contributed by atoms with Gasteiger partial charge in [0.1, 0.15) is 24.9 Å². The molecule has 26 heavy (non-hydrogen) atoms. The number of aliphatic carboxylic acids is 1. The molecule has 8 heteroatoms. The van der Waals surface area contributed by atoms with Crippen LogP contribution in [0.2, 0.25) is 0 Å². The lowest BCUT2D eigenvalue weighted by Gasteiger charge is -2.16. The third kappa shape index (κ3) is 28.1. The Kier molecular flexibility index (Phi) is 25.7. The van der Waals surface area contributed by atoms with E-state index in [1.165, 1.54) is 0 Å². The Labute approximate surface area is 159 Å². The lowest BCUT2D eigenvalue weighted by molar-refractivity contribution is -0.137. The standard InChI is InChI=1S/2C6H15NO2.C6H12O2/c2*1-5(8-3)7-6(2)9-4;1-2-3-4-5-6(7)8/h2*5-7H,1-4H3;2-5H2,1H3,(H,7,8). The minimum absolute atomic E-state index is 0.0555. The first-order valence-corrected chi connectivity index (χ1v) is 9.03. The number of carboxylic acids is 1. The van der Waals surface area contributed by atoms with Gasteiger partial charge in [0.15, 0.2) is 0 Å². The van der Waals surface area contributed by atoms with Crippen LogP contribution in [0.15, 0.2) is 0 Å². The van der Waals surface area contributed by atoms with E-state index in [1.54, 1.807) is 28.4 Å². The SMILES string of the molecule is CCCCCC(=O)O.COC(C)NC(C)OC.COC(C)NC(C)OC. The molecule has 0 spiro atoms. The molecule has 0 aromatic carbocycles. The summed E-state index contributed by atoms with van der Waals surface area (Å²) < 4.78 is 19.7. The van der Waals surface area contributed by atoms with Gasteiger partial charge in [-0.15, -0.1) is 0 Å². The van der Waals surface area contributed by atoms with Crippen molar-refractivity contribution in [3.05, 3.63) is 0 Å². The summed E-state index contributed by atoms with van der Waals surface area (Å²) in [5.41, 5.74) is 0. The lowest BCUT2D eigenvalue weighted by atomic mass is 10.2. The van der Waals surface area contributed by atoms with Gasteiger partial charge in [0.25, 0.3) is 0 Å². The molecule has 0 aliphatic rings. The predicted octanol–water partition coefficient (Wildman–Crippen LogP) is 2.77. The molecule has 0 radical (unpaired) electrons. The molecule has 0 bridgehead atoms. The predicted molar refractivity (Wildman–Crippen MR) is 104 cm³/mol. The smallest absolute Gasteiger partial charge is 0.303 e. The van der Waals surface area contributed by atoms with E-state index in [1.807, 2.05) is 27.7 Å². The number of carbonyl (C=O) groups is 1. The molecule has 4 unspecified atom stereocenters. The molecule has 0 aromatic heterocycles. The van der Waals surface area contributed by atoms with Gasteiger partial charge in [-0.2, -0.15) is 0 Å². The Morgan fingerprint density at radius 1 is 0.769 bits per heavy atom. The quantitative estimate of drug-likeness (QED) is 0.350. The molecule has 8 nitrogen and oxygen atoms in total. The molecular weight excluding hydrogens is 340 g/mol. The summed E-state index contributed by atoms with van der Waals surface area (Å²) in [5.74, 6) is -0.682. The Morgan fingerprint density at radius 3 is 1.27 bits per heavy atom. The molecule has 0 aliphatic carbocycles. The van der Waals surface area contributed by atoms with Crippen molar-refractivity contribution < 1.29 is 28.8 Å². The van der Waals surface area contributed by atoms with Gasteiger partial charge in [-0.05, 0) is 34.1 Å². The number of hydrogen-bond acceptors (Lipinski definition) is 7. The number of unbranched alkanes of at least 4 members (excludes halogenated alkanes) is 2. The molecule has 0 aromatic rings. The summed E-state index contributed by atoms with van der Waals surface area (Å²) in [6, 6.07) is 0. The monoisotopic (exact) mass is 382 g/mol. The van der Waals surface area contributed by atoms with Crippen LogP contribution in [0.5, 0.6) is 0 Å². The van der Waals surface area contributed by atoms with Crippen LogP contribution in [-0.4, -0.2) is 64.4 Å². The largest absolute Gasteiger partial charge is 0.481 e. The highest BCUT2D eigenvalue weighted by molar-refractivity contribution is 5.66. The molecule has 160 valence electrons. The van der Waals surface area contributed by atoms with Gasteiger partial charge in [0, 0.05) is 34.9 Å². The highest BCUT2D eigenvalue weighted by atomic mass is 16.5. The van der Waals surface area contributed by atoms with Crippen LogP contribution in [0.1, 0.15) is 60.3 Å². The number of rotatable bonds is 12. The van der Waals surface area contributed by atoms with Gasteiger partial charge in [-0.25, -0.2) is 0 Å². The first-order chi connectivity index (χ1) is 12.2. The topological polar surface area (TPSA) is 98.3 Å². The van der Waals surface area contributed by atoms with E-state index in [-0.39, 0.29) is 24.9 Å². The van der Waals surface area contributed by atoms with Gasteiger partial charge in [-0.1, -0.05) is 19.8 Å². The Bertz CT molecular complexity index is 261. The van der Waals surface area contributed by atoms with E-state index in [0.717, 1.165) is 19.3 Å². The van der Waals surface area contributed by atoms with E-state index < -0.39 is 5.97 Å². The Hall–Kier alpha value is -0.770. The van der Waals surface area contributed by atoms with Crippen LogP contribution in [0.25, 0.3) is 0 Å². The minimum Gasteiger partial charge on any atom is -0.481 e. The number of nitrogens with one attached hydrogen (secondary N) is 2. The molecule has 0 heterocycles. The summed E-state index contributed by atoms with van der Waals surface area (Å²) in [4.78, 5) is 9.87. The van der Waals surface area contributed by atoms with Gasteiger partial charge >= 0.3 is 5.97 Å². The number of carboxylic acid groups (broad SMARTS) is 1. The van der Waals surface area contributed by atoms with E-state index in [0.29, 0.717) is 6.42 Å². The van der Waals surface area contributed by atoms with E-state index in [2.05, 4.69) is 17.6 Å². The van der Waals surface area contributed by atoms with E-state index in [9.17, 15) is 4.79 Å². The molecule has 0 fully saturated rings. The average Bonchev–Trinajstić information content (AvgIpc) is 2.62. The summed E-state index contributed by atoms with van der Waals surface area (Å²) >= 11 is 0. The van der Waals surface area contributed by atoms with Crippen molar-refractivity contribution >= 4 is 5.97 Å². The van der Waals surface area contributed by atoms with Gasteiger partial charge in [-0.3, -0.25) is 15.4 Å². The molecule has 0 aliphatic heterocycles. The Balaban J connectivity index is -0.000000306. The normalized spacial score (nSPS) is 14.8. The lowest BCUT2D eigenvalue weighted by Crippen LogP contribution is -2.36. The van der Waals surface area contributed by atoms with Gasteiger partial charge in [0.05, 0.1) is 0 Å². The van der Waals surface area contributed by atoms with Crippen LogP contribution in [0.4, 0.5) is 0 Å². The maximum Gasteiger partial charge on any atom is 0.303 e. The maximum absolute atomic E-state index is 9.87. The second-order valence-corrected chi connectivity index (χ2v) is 5.70. The maximum atomic E-state index is 9.87. The highest BCUT2D eigenvalue weighted by Gasteiger charge is 2.02. The zero-order chi connectivity index (χ0) is 21.0. The molecule has 3 N–H and O–H groups in total. The van der Waals surface area contributed by atoms with Gasteiger partial charge in [0.2, 0.25) is 0 Å². The fourth-order valence-electron chi connectivity index (χ4n) is 1.46. The van der Waals surface area contributed by atoms with Crippen LogP contribution >= 0.6 is 0 Å². The van der Waals surface area contributed by atoms with Gasteiger partial charge < -0.3 is 24.1 Å². The van der Waals surface area contributed by atoms with Crippen LogP contribution in [0, 0.1) is 0 Å². The summed E-state index contributed by atoms with van der Waals surface area (Å²) in [6.07, 6.45) is 3.50. The van der Waals surface area contributed by atoms with Crippen molar-refractivity contribution in [3.63, 3.8) is 0 Å². The second kappa shape index (κ2) is 22.3. The van der Waals surface area contributed by atoms with E-state index in [4.69, 9.17) is 24.1 Å². The third-order valence-corrected chi connectivity index (χ3v) is 3.35. The zero-order valence-corrected chi connectivity index (χ0v) is 18.1. The van der Waals surface area contributed by atoms with Crippen molar-refractivity contribution in [2.24, 2.45) is 0 Å². The van der Waals surface area contributed by atoms with Crippen molar-refractivity contribution in [3.8, 4) is 0 Å². The first-order valence-electron chi connectivity index (χ1n) is 9.03. The van der Waals surface area contributed by atoms with Crippen molar-refractivity contribution in [1.29, 1.82) is 0 Å².